The van der Waals surface area contributed by atoms with Crippen molar-refractivity contribution in [2.24, 2.45) is 0 Å². The Morgan fingerprint density at radius 2 is 1.67 bits per heavy atom. The number of ether oxygens (including phenoxy) is 2. The number of rotatable bonds is 8. The standard InChI is InChI=1S/C33H40O3/c1-7-9-26(8-2)36-27-14-11-24(12-15-27)32-29(28-16-10-22(3)20-23(28)4)18-19-35-31-21-25(33(5,6)34)13-17-30(31)32/h10-17,20-21,26,34H,7-9,18-19H2,1-6H3/t26-/m1/s1. The fourth-order valence-corrected chi connectivity index (χ4v) is 5.09. The minimum Gasteiger partial charge on any atom is -0.493 e. The van der Waals surface area contributed by atoms with E-state index in [2.05, 4.69) is 76.2 Å². The molecule has 0 radical (unpaired) electrons. The first-order chi connectivity index (χ1) is 17.2. The van der Waals surface area contributed by atoms with Gasteiger partial charge >= 0.3 is 0 Å². The van der Waals surface area contributed by atoms with Crippen LogP contribution in [0.3, 0.4) is 0 Å². The van der Waals surface area contributed by atoms with Crippen LogP contribution >= 0.6 is 0 Å². The normalized spacial score (nSPS) is 14.6. The number of hydrogen-bond donors (Lipinski definition) is 1. The Hall–Kier alpha value is -3.04. The van der Waals surface area contributed by atoms with Gasteiger partial charge < -0.3 is 14.6 Å². The number of fused-ring (bicyclic) bond motifs is 1. The second kappa shape index (κ2) is 10.9. The summed E-state index contributed by atoms with van der Waals surface area (Å²) in [4.78, 5) is 0. The Bertz CT molecular complexity index is 1230. The SMILES string of the molecule is CCC[C@@H](CC)Oc1ccc(C2=C(c3ccc(C)cc3C)CCOc3cc(C(C)(C)O)ccc32)cc1. The second-order valence-corrected chi connectivity index (χ2v) is 10.5. The van der Waals surface area contributed by atoms with Crippen molar-refractivity contribution >= 4 is 11.1 Å². The van der Waals surface area contributed by atoms with Gasteiger partial charge in [0.15, 0.2) is 0 Å². The highest BCUT2D eigenvalue weighted by Gasteiger charge is 2.25. The molecule has 0 unspecified atom stereocenters. The smallest absolute Gasteiger partial charge is 0.127 e. The third-order valence-electron chi connectivity index (χ3n) is 7.09. The van der Waals surface area contributed by atoms with E-state index in [9.17, 15) is 5.11 Å². The summed E-state index contributed by atoms with van der Waals surface area (Å²) in [5.41, 5.74) is 8.37. The molecule has 0 aliphatic carbocycles. The zero-order valence-electron chi connectivity index (χ0n) is 22.7. The Morgan fingerprint density at radius 3 is 2.31 bits per heavy atom. The van der Waals surface area contributed by atoms with Crippen molar-refractivity contribution in [3.8, 4) is 11.5 Å². The summed E-state index contributed by atoms with van der Waals surface area (Å²) in [5.74, 6) is 1.73. The van der Waals surface area contributed by atoms with Crippen LogP contribution in [0.25, 0.3) is 11.1 Å². The van der Waals surface area contributed by atoms with E-state index in [4.69, 9.17) is 9.47 Å². The van der Waals surface area contributed by atoms with Crippen molar-refractivity contribution in [2.75, 3.05) is 6.61 Å². The van der Waals surface area contributed by atoms with Crippen LogP contribution in [-0.4, -0.2) is 17.8 Å². The molecule has 0 fully saturated rings. The van der Waals surface area contributed by atoms with Crippen molar-refractivity contribution in [2.45, 2.75) is 78.9 Å². The van der Waals surface area contributed by atoms with Crippen LogP contribution in [0.15, 0.2) is 60.7 Å². The van der Waals surface area contributed by atoms with E-state index < -0.39 is 5.60 Å². The molecule has 3 aromatic rings. The van der Waals surface area contributed by atoms with Gasteiger partial charge in [-0.15, -0.1) is 0 Å². The molecule has 0 aromatic heterocycles. The zero-order valence-corrected chi connectivity index (χ0v) is 22.7. The Balaban J connectivity index is 1.86. The van der Waals surface area contributed by atoms with E-state index in [1.807, 2.05) is 26.0 Å². The zero-order chi connectivity index (χ0) is 25.9. The molecule has 0 amide bonds. The maximum atomic E-state index is 10.6. The monoisotopic (exact) mass is 484 g/mol. The predicted molar refractivity (Wildman–Crippen MR) is 150 cm³/mol. The highest BCUT2D eigenvalue weighted by molar-refractivity contribution is 6.01. The Kier molecular flexibility index (Phi) is 7.90. The van der Waals surface area contributed by atoms with Crippen LogP contribution in [0.4, 0.5) is 0 Å². The molecule has 1 aliphatic heterocycles. The molecule has 36 heavy (non-hydrogen) atoms. The lowest BCUT2D eigenvalue weighted by Gasteiger charge is -2.21. The first-order valence-electron chi connectivity index (χ1n) is 13.3. The van der Waals surface area contributed by atoms with Crippen LogP contribution in [0.2, 0.25) is 0 Å². The number of aliphatic hydroxyl groups is 1. The molecule has 0 saturated carbocycles. The summed E-state index contributed by atoms with van der Waals surface area (Å²) in [6.45, 7) is 12.9. The van der Waals surface area contributed by atoms with Crippen LogP contribution in [0, 0.1) is 13.8 Å². The summed E-state index contributed by atoms with van der Waals surface area (Å²) < 4.78 is 12.6. The summed E-state index contributed by atoms with van der Waals surface area (Å²) >= 11 is 0. The van der Waals surface area contributed by atoms with Gasteiger partial charge in [-0.25, -0.2) is 0 Å². The van der Waals surface area contributed by atoms with Crippen molar-refractivity contribution in [3.63, 3.8) is 0 Å². The minimum absolute atomic E-state index is 0.248. The van der Waals surface area contributed by atoms with E-state index in [-0.39, 0.29) is 6.10 Å². The summed E-state index contributed by atoms with van der Waals surface area (Å²) in [6.07, 6.45) is 4.24. The lowest BCUT2D eigenvalue weighted by molar-refractivity contribution is 0.0782. The molecule has 190 valence electrons. The van der Waals surface area contributed by atoms with Crippen LogP contribution in [0.1, 0.15) is 86.8 Å². The van der Waals surface area contributed by atoms with E-state index in [0.29, 0.717) is 6.61 Å². The molecule has 4 rings (SSSR count). The Morgan fingerprint density at radius 1 is 0.944 bits per heavy atom. The van der Waals surface area contributed by atoms with Gasteiger partial charge in [0.2, 0.25) is 0 Å². The lowest BCUT2D eigenvalue weighted by atomic mass is 9.85. The van der Waals surface area contributed by atoms with Gasteiger partial charge in [0.25, 0.3) is 0 Å². The van der Waals surface area contributed by atoms with Gasteiger partial charge in [-0.05, 0) is 92.1 Å². The van der Waals surface area contributed by atoms with Crippen molar-refractivity contribution in [1.29, 1.82) is 0 Å². The van der Waals surface area contributed by atoms with Gasteiger partial charge in [0, 0.05) is 12.0 Å². The van der Waals surface area contributed by atoms with Gasteiger partial charge in [-0.3, -0.25) is 0 Å². The van der Waals surface area contributed by atoms with Crippen LogP contribution < -0.4 is 9.47 Å². The lowest BCUT2D eigenvalue weighted by Crippen LogP contribution is -2.15. The molecule has 1 heterocycles. The maximum Gasteiger partial charge on any atom is 0.127 e. The number of aryl methyl sites for hydroxylation is 2. The molecule has 1 atom stereocenters. The minimum atomic E-state index is -0.932. The molecule has 0 bridgehead atoms. The van der Waals surface area contributed by atoms with Crippen molar-refractivity contribution < 1.29 is 14.6 Å². The molecular formula is C33H40O3. The third-order valence-corrected chi connectivity index (χ3v) is 7.09. The van der Waals surface area contributed by atoms with Gasteiger partial charge in [-0.2, -0.15) is 0 Å². The average molecular weight is 485 g/mol. The van der Waals surface area contributed by atoms with Gasteiger partial charge in [-0.1, -0.05) is 68.3 Å². The topological polar surface area (TPSA) is 38.7 Å². The molecule has 1 N–H and O–H groups in total. The number of hydrogen-bond acceptors (Lipinski definition) is 3. The maximum absolute atomic E-state index is 10.6. The van der Waals surface area contributed by atoms with Crippen LogP contribution in [0.5, 0.6) is 11.5 Å². The third kappa shape index (κ3) is 5.68. The fourth-order valence-electron chi connectivity index (χ4n) is 5.09. The van der Waals surface area contributed by atoms with Crippen molar-refractivity contribution in [1.82, 2.24) is 0 Å². The van der Waals surface area contributed by atoms with E-state index in [0.717, 1.165) is 53.9 Å². The molecule has 3 nitrogen and oxygen atoms in total. The fraction of sp³-hybridized carbons (Fsp3) is 0.394. The molecule has 1 aliphatic rings. The summed E-state index contributed by atoms with van der Waals surface area (Å²) in [6, 6.07) is 21.3. The molecular weight excluding hydrogens is 444 g/mol. The molecule has 3 aromatic carbocycles. The van der Waals surface area contributed by atoms with Gasteiger partial charge in [0.1, 0.15) is 11.5 Å². The van der Waals surface area contributed by atoms with Gasteiger partial charge in [0.05, 0.1) is 18.3 Å². The van der Waals surface area contributed by atoms with E-state index >= 15 is 0 Å². The summed E-state index contributed by atoms with van der Waals surface area (Å²) in [5, 5.41) is 10.6. The molecule has 3 heteroatoms. The van der Waals surface area contributed by atoms with E-state index in [1.54, 1.807) is 0 Å². The molecule has 0 spiro atoms. The first kappa shape index (κ1) is 26.0. The molecule has 0 saturated heterocycles. The highest BCUT2D eigenvalue weighted by Crippen LogP contribution is 2.43. The van der Waals surface area contributed by atoms with Crippen molar-refractivity contribution in [3.05, 3.63) is 94.0 Å². The average Bonchev–Trinajstić information content (AvgIpc) is 3.03. The van der Waals surface area contributed by atoms with Crippen LogP contribution in [-0.2, 0) is 5.60 Å². The number of benzene rings is 3. The quantitative estimate of drug-likeness (QED) is 0.350. The predicted octanol–water partition coefficient (Wildman–Crippen LogP) is 8.23. The first-order valence-corrected chi connectivity index (χ1v) is 13.3. The summed E-state index contributed by atoms with van der Waals surface area (Å²) in [7, 11) is 0. The second-order valence-electron chi connectivity index (χ2n) is 10.5. The van der Waals surface area contributed by atoms with E-state index in [1.165, 1.54) is 27.8 Å². The highest BCUT2D eigenvalue weighted by atomic mass is 16.5. The largest absolute Gasteiger partial charge is 0.493 e. The Labute approximate surface area is 216 Å².